The van der Waals surface area contributed by atoms with Gasteiger partial charge in [-0.2, -0.15) is 0 Å². The Kier molecular flexibility index (Phi) is 6.42. The maximum absolute atomic E-state index is 12.3. The maximum atomic E-state index is 12.3. The van der Waals surface area contributed by atoms with Crippen molar-refractivity contribution in [2.75, 3.05) is 12.4 Å². The van der Waals surface area contributed by atoms with Gasteiger partial charge in [-0.1, -0.05) is 23.2 Å². The van der Waals surface area contributed by atoms with Crippen LogP contribution >= 0.6 is 34.5 Å². The lowest BCUT2D eigenvalue weighted by atomic mass is 10.2. The van der Waals surface area contributed by atoms with Gasteiger partial charge in [-0.05, 0) is 60.7 Å². The van der Waals surface area contributed by atoms with Crippen molar-refractivity contribution in [2.45, 2.75) is 0 Å². The zero-order chi connectivity index (χ0) is 21.8. The lowest BCUT2D eigenvalue weighted by Crippen LogP contribution is -2.07. The fraction of sp³-hybridized carbons (Fsp3) is 0.0435. The summed E-state index contributed by atoms with van der Waals surface area (Å²) >= 11 is 13.4. The van der Waals surface area contributed by atoms with Crippen LogP contribution in [0.5, 0.6) is 5.75 Å². The van der Waals surface area contributed by atoms with Gasteiger partial charge < -0.3 is 9.15 Å². The van der Waals surface area contributed by atoms with E-state index in [4.69, 9.17) is 32.4 Å². The van der Waals surface area contributed by atoms with E-state index < -0.39 is 0 Å². The minimum absolute atomic E-state index is 0.306. The SMILES string of the molecule is COc1ccc(-c2csc(NC(=O)/C=C/c3ccc(-c4cc(Cl)cc(Cl)c4)o3)n2)cc1. The summed E-state index contributed by atoms with van der Waals surface area (Å²) in [6, 6.07) is 16.3. The molecular weight excluding hydrogens is 455 g/mol. The number of methoxy groups -OCH3 is 1. The molecular formula is C23H16Cl2N2O3S. The molecule has 0 radical (unpaired) electrons. The molecule has 4 rings (SSSR count). The Morgan fingerprint density at radius 2 is 1.81 bits per heavy atom. The standard InChI is InChI=1S/C23H16Cl2N2O3S/c1-29-18-4-2-14(3-5-18)20-13-31-23(26-20)27-22(28)9-7-19-6-8-21(30-19)15-10-16(24)12-17(25)11-15/h2-13H,1H3,(H,26,27,28)/b9-7+. The van der Waals surface area contributed by atoms with Gasteiger partial charge >= 0.3 is 0 Å². The highest BCUT2D eigenvalue weighted by molar-refractivity contribution is 7.14. The summed E-state index contributed by atoms with van der Waals surface area (Å²) in [6.45, 7) is 0. The van der Waals surface area contributed by atoms with Crippen LogP contribution in [0.15, 0.2) is 70.5 Å². The largest absolute Gasteiger partial charge is 0.497 e. The summed E-state index contributed by atoms with van der Waals surface area (Å²) in [5.41, 5.74) is 2.48. The summed E-state index contributed by atoms with van der Waals surface area (Å²) < 4.78 is 10.9. The number of benzene rings is 2. The first-order chi connectivity index (χ1) is 15.0. The van der Waals surface area contributed by atoms with Crippen LogP contribution in [0.4, 0.5) is 5.13 Å². The van der Waals surface area contributed by atoms with Gasteiger partial charge in [-0.25, -0.2) is 4.98 Å². The monoisotopic (exact) mass is 470 g/mol. The summed E-state index contributed by atoms with van der Waals surface area (Å²) in [4.78, 5) is 16.7. The number of nitrogens with one attached hydrogen (secondary N) is 1. The molecule has 5 nitrogen and oxygen atoms in total. The van der Waals surface area contributed by atoms with Crippen LogP contribution in [0.3, 0.4) is 0 Å². The van der Waals surface area contributed by atoms with Crippen molar-refractivity contribution in [3.63, 3.8) is 0 Å². The molecule has 2 aromatic heterocycles. The third-order valence-electron chi connectivity index (χ3n) is 4.29. The highest BCUT2D eigenvalue weighted by Crippen LogP contribution is 2.29. The number of hydrogen-bond donors (Lipinski definition) is 1. The van der Waals surface area contributed by atoms with Crippen LogP contribution in [0.25, 0.3) is 28.7 Å². The second-order valence-corrected chi connectivity index (χ2v) is 8.18. The average Bonchev–Trinajstić information content (AvgIpc) is 3.41. The van der Waals surface area contributed by atoms with Crippen molar-refractivity contribution in [3.8, 4) is 28.3 Å². The summed E-state index contributed by atoms with van der Waals surface area (Å²) in [5, 5.41) is 6.19. The van der Waals surface area contributed by atoms with E-state index in [1.807, 2.05) is 29.6 Å². The van der Waals surface area contributed by atoms with Gasteiger partial charge in [-0.15, -0.1) is 11.3 Å². The highest BCUT2D eigenvalue weighted by Gasteiger charge is 2.08. The van der Waals surface area contributed by atoms with E-state index in [9.17, 15) is 4.79 Å². The predicted molar refractivity (Wildman–Crippen MR) is 126 cm³/mol. The fourth-order valence-electron chi connectivity index (χ4n) is 2.82. The Balaban J connectivity index is 1.40. The molecule has 0 saturated carbocycles. The van der Waals surface area contributed by atoms with Crippen LogP contribution < -0.4 is 10.1 Å². The van der Waals surface area contributed by atoms with Crippen LogP contribution in [0.2, 0.25) is 10.0 Å². The number of hydrogen-bond acceptors (Lipinski definition) is 5. The number of carbonyl (C=O) groups is 1. The minimum Gasteiger partial charge on any atom is -0.497 e. The van der Waals surface area contributed by atoms with E-state index >= 15 is 0 Å². The molecule has 8 heteroatoms. The zero-order valence-electron chi connectivity index (χ0n) is 16.3. The number of ether oxygens (including phenoxy) is 1. The van der Waals surface area contributed by atoms with Crippen molar-refractivity contribution in [1.82, 2.24) is 4.98 Å². The van der Waals surface area contributed by atoms with E-state index in [1.165, 1.54) is 17.4 Å². The summed E-state index contributed by atoms with van der Waals surface area (Å²) in [6.07, 6.45) is 2.98. The number of rotatable bonds is 6. The van der Waals surface area contributed by atoms with Gasteiger partial charge in [0, 0.05) is 32.6 Å². The molecule has 31 heavy (non-hydrogen) atoms. The third kappa shape index (κ3) is 5.35. The molecule has 1 amide bonds. The molecule has 2 heterocycles. The molecule has 0 atom stereocenters. The van der Waals surface area contributed by atoms with Gasteiger partial charge in [0.05, 0.1) is 12.8 Å². The molecule has 4 aromatic rings. The Hall–Kier alpha value is -3.06. The molecule has 0 bridgehead atoms. The van der Waals surface area contributed by atoms with Gasteiger partial charge in [0.2, 0.25) is 5.91 Å². The number of amides is 1. The second kappa shape index (κ2) is 9.39. The molecule has 0 unspecified atom stereocenters. The molecule has 156 valence electrons. The molecule has 0 fully saturated rings. The van der Waals surface area contributed by atoms with E-state index in [2.05, 4.69) is 10.3 Å². The maximum Gasteiger partial charge on any atom is 0.250 e. The van der Waals surface area contributed by atoms with Crippen LogP contribution in [-0.2, 0) is 4.79 Å². The Bertz CT molecular complexity index is 1230. The van der Waals surface area contributed by atoms with Gasteiger partial charge in [0.15, 0.2) is 5.13 Å². The summed E-state index contributed by atoms with van der Waals surface area (Å²) in [7, 11) is 1.62. The Labute approximate surface area is 192 Å². The first kappa shape index (κ1) is 21.2. The molecule has 1 N–H and O–H groups in total. The predicted octanol–water partition coefficient (Wildman–Crippen LogP) is 7.04. The van der Waals surface area contributed by atoms with Crippen LogP contribution in [0.1, 0.15) is 5.76 Å². The van der Waals surface area contributed by atoms with Crippen LogP contribution in [0, 0.1) is 0 Å². The lowest BCUT2D eigenvalue weighted by Gasteiger charge is -2.00. The molecule has 0 saturated heterocycles. The van der Waals surface area contributed by atoms with E-state index in [0.29, 0.717) is 26.7 Å². The fourth-order valence-corrected chi connectivity index (χ4v) is 4.07. The van der Waals surface area contributed by atoms with Crippen molar-refractivity contribution in [3.05, 3.63) is 81.9 Å². The molecule has 0 aliphatic heterocycles. The van der Waals surface area contributed by atoms with Crippen molar-refractivity contribution < 1.29 is 13.9 Å². The number of nitrogens with zero attached hydrogens (tertiary/aromatic N) is 1. The zero-order valence-corrected chi connectivity index (χ0v) is 18.6. The smallest absolute Gasteiger partial charge is 0.250 e. The van der Waals surface area contributed by atoms with Gasteiger partial charge in [0.25, 0.3) is 0 Å². The lowest BCUT2D eigenvalue weighted by molar-refractivity contribution is -0.111. The highest BCUT2D eigenvalue weighted by atomic mass is 35.5. The van der Waals surface area contributed by atoms with E-state index in [0.717, 1.165) is 22.6 Å². The molecule has 0 aliphatic carbocycles. The van der Waals surface area contributed by atoms with Gasteiger partial charge in [0.1, 0.15) is 17.3 Å². The van der Waals surface area contributed by atoms with Crippen LogP contribution in [-0.4, -0.2) is 18.0 Å². The number of aromatic nitrogens is 1. The molecule has 2 aromatic carbocycles. The number of anilines is 1. The number of furan rings is 1. The third-order valence-corrected chi connectivity index (χ3v) is 5.49. The number of halogens is 2. The first-order valence-corrected chi connectivity index (χ1v) is 10.8. The van der Waals surface area contributed by atoms with Crippen molar-refractivity contribution >= 4 is 51.7 Å². The van der Waals surface area contributed by atoms with E-state index in [1.54, 1.807) is 43.5 Å². The number of thiazole rings is 1. The Morgan fingerprint density at radius 3 is 2.52 bits per heavy atom. The first-order valence-electron chi connectivity index (χ1n) is 9.15. The topological polar surface area (TPSA) is 64.4 Å². The average molecular weight is 471 g/mol. The normalized spacial score (nSPS) is 11.1. The summed E-state index contributed by atoms with van der Waals surface area (Å²) in [5.74, 6) is 1.60. The van der Waals surface area contributed by atoms with Gasteiger partial charge in [-0.3, -0.25) is 10.1 Å². The second-order valence-electron chi connectivity index (χ2n) is 6.45. The Morgan fingerprint density at radius 1 is 1.06 bits per heavy atom. The molecule has 0 spiro atoms. The number of carbonyl (C=O) groups excluding carboxylic acids is 1. The quantitative estimate of drug-likeness (QED) is 0.307. The van der Waals surface area contributed by atoms with Crippen molar-refractivity contribution in [2.24, 2.45) is 0 Å². The van der Waals surface area contributed by atoms with Crippen molar-refractivity contribution in [1.29, 1.82) is 0 Å². The minimum atomic E-state index is -0.306. The van der Waals surface area contributed by atoms with E-state index in [-0.39, 0.29) is 5.91 Å². The molecule has 0 aliphatic rings.